The number of hydrogen-bond donors (Lipinski definition) is 3. The zero-order valence-electron chi connectivity index (χ0n) is 11.2. The summed E-state index contributed by atoms with van der Waals surface area (Å²) in [5.74, 6) is 0.219. The lowest BCUT2D eigenvalue weighted by atomic mass is 9.83. The molecule has 0 unspecified atom stereocenters. The molecule has 5 nitrogen and oxygen atoms in total. The van der Waals surface area contributed by atoms with Gasteiger partial charge in [-0.15, -0.1) is 0 Å². The second-order valence-corrected chi connectivity index (χ2v) is 6.99. The van der Waals surface area contributed by atoms with E-state index in [2.05, 4.69) is 4.72 Å². The highest BCUT2D eigenvalue weighted by molar-refractivity contribution is 7.89. The molecule has 1 aliphatic carbocycles. The molecule has 0 aromatic heterocycles. The lowest BCUT2D eigenvalue weighted by Crippen LogP contribution is -2.38. The first-order chi connectivity index (χ1) is 8.81. The third-order valence-electron chi connectivity index (χ3n) is 3.65. The van der Waals surface area contributed by atoms with E-state index in [-0.39, 0.29) is 16.9 Å². The van der Waals surface area contributed by atoms with Gasteiger partial charge in [-0.2, -0.15) is 0 Å². The molecule has 0 aliphatic heterocycles. The number of benzene rings is 1. The summed E-state index contributed by atoms with van der Waals surface area (Å²) >= 11 is 0. The van der Waals surface area contributed by atoms with Crippen LogP contribution < -0.4 is 10.5 Å². The molecule has 1 aromatic rings. The Bertz CT molecular complexity index is 578. The van der Waals surface area contributed by atoms with Crippen molar-refractivity contribution < 1.29 is 13.5 Å². The molecule has 19 heavy (non-hydrogen) atoms. The van der Waals surface area contributed by atoms with Crippen molar-refractivity contribution in [2.75, 3.05) is 12.3 Å². The first-order valence-corrected chi connectivity index (χ1v) is 7.83. The zero-order chi connectivity index (χ0) is 14.2. The summed E-state index contributed by atoms with van der Waals surface area (Å²) < 4.78 is 27.2. The molecule has 4 N–H and O–H groups in total. The molecule has 2 rings (SSSR count). The fourth-order valence-corrected chi connectivity index (χ4v) is 3.87. The lowest BCUT2D eigenvalue weighted by Gasteiger charge is -2.31. The highest BCUT2D eigenvalue weighted by Crippen LogP contribution is 2.28. The maximum absolute atomic E-state index is 12.3. The summed E-state index contributed by atoms with van der Waals surface area (Å²) in [7, 11) is -3.59. The number of sulfonamides is 1. The third-order valence-corrected chi connectivity index (χ3v) is 5.28. The molecule has 0 spiro atoms. The van der Waals surface area contributed by atoms with Crippen LogP contribution in [0.1, 0.15) is 24.0 Å². The predicted molar refractivity (Wildman–Crippen MR) is 74.2 cm³/mol. The van der Waals surface area contributed by atoms with E-state index in [0.29, 0.717) is 30.6 Å². The van der Waals surface area contributed by atoms with Crippen LogP contribution in [-0.4, -0.2) is 26.2 Å². The van der Waals surface area contributed by atoms with Crippen LogP contribution in [-0.2, 0) is 10.0 Å². The maximum Gasteiger partial charge on any atom is 0.242 e. The van der Waals surface area contributed by atoms with Gasteiger partial charge in [-0.3, -0.25) is 0 Å². The minimum absolute atomic E-state index is 0.173. The minimum atomic E-state index is -3.59. The number of anilines is 1. The van der Waals surface area contributed by atoms with Crippen LogP contribution in [0.25, 0.3) is 0 Å². The quantitative estimate of drug-likeness (QED) is 0.717. The Balaban J connectivity index is 2.17. The summed E-state index contributed by atoms with van der Waals surface area (Å²) in [4.78, 5) is 0.173. The molecule has 6 heteroatoms. The molecule has 0 saturated heterocycles. The van der Waals surface area contributed by atoms with Crippen LogP contribution in [0.2, 0.25) is 0 Å². The molecule has 1 aliphatic rings. The molecule has 0 heterocycles. The summed E-state index contributed by atoms with van der Waals surface area (Å²) in [6.45, 7) is 3.87. The number of nitrogen functional groups attached to an aromatic ring is 1. The van der Waals surface area contributed by atoms with E-state index in [1.54, 1.807) is 19.9 Å². The summed E-state index contributed by atoms with van der Waals surface area (Å²) in [5.41, 5.74) is 7.59. The molecule has 1 aromatic carbocycles. The van der Waals surface area contributed by atoms with E-state index in [4.69, 9.17) is 5.73 Å². The van der Waals surface area contributed by atoms with E-state index in [1.807, 2.05) is 6.07 Å². The first kappa shape index (κ1) is 14.3. The Morgan fingerprint density at radius 1 is 1.32 bits per heavy atom. The average Bonchev–Trinajstić information content (AvgIpc) is 2.28. The molecule has 1 fully saturated rings. The van der Waals surface area contributed by atoms with Gasteiger partial charge in [0, 0.05) is 6.54 Å². The van der Waals surface area contributed by atoms with Gasteiger partial charge < -0.3 is 10.8 Å². The van der Waals surface area contributed by atoms with Crippen LogP contribution in [0, 0.1) is 19.8 Å². The number of nitrogens with one attached hydrogen (secondary N) is 1. The Morgan fingerprint density at radius 2 is 1.89 bits per heavy atom. The highest BCUT2D eigenvalue weighted by Gasteiger charge is 2.29. The van der Waals surface area contributed by atoms with Gasteiger partial charge in [-0.05, 0) is 43.7 Å². The Morgan fingerprint density at radius 3 is 2.47 bits per heavy atom. The molecular formula is C13H20N2O3S. The van der Waals surface area contributed by atoms with Gasteiger partial charge in [0.1, 0.15) is 4.90 Å². The van der Waals surface area contributed by atoms with Crippen molar-refractivity contribution in [1.29, 1.82) is 0 Å². The second kappa shape index (κ2) is 5.11. The molecule has 0 radical (unpaired) electrons. The summed E-state index contributed by atoms with van der Waals surface area (Å²) in [6, 6.07) is 3.57. The fraction of sp³-hybridized carbons (Fsp3) is 0.538. The standard InChI is InChI=1S/C13H20N2O3S/c1-8-3-4-9(2)13(12(8)14)19(17,18)15-7-10-5-11(16)6-10/h3-4,10-11,15-16H,5-7,14H2,1-2H3. The third kappa shape index (κ3) is 2.91. The number of rotatable bonds is 4. The van der Waals surface area contributed by atoms with Crippen LogP contribution in [0.15, 0.2) is 17.0 Å². The van der Waals surface area contributed by atoms with Gasteiger partial charge in [-0.25, -0.2) is 13.1 Å². The number of aryl methyl sites for hydroxylation is 2. The number of nitrogens with two attached hydrogens (primary N) is 1. The van der Waals surface area contributed by atoms with Gasteiger partial charge in [0.05, 0.1) is 11.8 Å². The van der Waals surface area contributed by atoms with E-state index in [1.165, 1.54) is 0 Å². The predicted octanol–water partition coefficient (Wildman–Crippen LogP) is 0.935. The maximum atomic E-state index is 12.3. The second-order valence-electron chi connectivity index (χ2n) is 5.29. The van der Waals surface area contributed by atoms with Crippen molar-refractivity contribution in [1.82, 2.24) is 4.72 Å². The smallest absolute Gasteiger partial charge is 0.242 e. The molecule has 0 amide bonds. The van der Waals surface area contributed by atoms with Gasteiger partial charge in [0.2, 0.25) is 10.0 Å². The Hall–Kier alpha value is -1.11. The van der Waals surface area contributed by atoms with Crippen LogP contribution >= 0.6 is 0 Å². The van der Waals surface area contributed by atoms with Gasteiger partial charge in [0.15, 0.2) is 0 Å². The number of aliphatic hydroxyl groups is 1. The molecule has 1 saturated carbocycles. The monoisotopic (exact) mass is 284 g/mol. The van der Waals surface area contributed by atoms with E-state index in [9.17, 15) is 13.5 Å². The van der Waals surface area contributed by atoms with Crippen molar-refractivity contribution in [3.63, 3.8) is 0 Å². The largest absolute Gasteiger partial charge is 0.397 e. The van der Waals surface area contributed by atoms with Crippen LogP contribution in [0.3, 0.4) is 0 Å². The average molecular weight is 284 g/mol. The Labute approximate surface area is 113 Å². The van der Waals surface area contributed by atoms with Crippen LogP contribution in [0.4, 0.5) is 5.69 Å². The van der Waals surface area contributed by atoms with Gasteiger partial charge in [0.25, 0.3) is 0 Å². The van der Waals surface area contributed by atoms with Crippen molar-refractivity contribution in [2.24, 2.45) is 5.92 Å². The van der Waals surface area contributed by atoms with Crippen molar-refractivity contribution in [3.8, 4) is 0 Å². The summed E-state index contributed by atoms with van der Waals surface area (Å²) in [6.07, 6.45) is 1.04. The topological polar surface area (TPSA) is 92.4 Å². The fourth-order valence-electron chi connectivity index (χ4n) is 2.33. The van der Waals surface area contributed by atoms with Crippen molar-refractivity contribution in [2.45, 2.75) is 37.7 Å². The number of aliphatic hydroxyl groups excluding tert-OH is 1. The van der Waals surface area contributed by atoms with Crippen molar-refractivity contribution in [3.05, 3.63) is 23.3 Å². The number of hydrogen-bond acceptors (Lipinski definition) is 4. The molecular weight excluding hydrogens is 264 g/mol. The van der Waals surface area contributed by atoms with Crippen molar-refractivity contribution >= 4 is 15.7 Å². The highest BCUT2D eigenvalue weighted by atomic mass is 32.2. The Kier molecular flexibility index (Phi) is 3.85. The van der Waals surface area contributed by atoms with E-state index in [0.717, 1.165) is 5.56 Å². The van der Waals surface area contributed by atoms with E-state index >= 15 is 0 Å². The molecule has 0 atom stereocenters. The van der Waals surface area contributed by atoms with E-state index < -0.39 is 10.0 Å². The minimum Gasteiger partial charge on any atom is -0.397 e. The molecule has 0 bridgehead atoms. The summed E-state index contributed by atoms with van der Waals surface area (Å²) in [5, 5.41) is 9.19. The molecule has 106 valence electrons. The van der Waals surface area contributed by atoms with Gasteiger partial charge in [-0.1, -0.05) is 12.1 Å². The first-order valence-electron chi connectivity index (χ1n) is 6.34. The SMILES string of the molecule is Cc1ccc(C)c(S(=O)(=O)NCC2CC(O)C2)c1N. The lowest BCUT2D eigenvalue weighted by molar-refractivity contribution is 0.0453. The van der Waals surface area contributed by atoms with Gasteiger partial charge >= 0.3 is 0 Å². The normalized spacial score (nSPS) is 23.1. The van der Waals surface area contributed by atoms with Crippen LogP contribution in [0.5, 0.6) is 0 Å². The zero-order valence-corrected chi connectivity index (χ0v) is 12.0.